The van der Waals surface area contributed by atoms with Gasteiger partial charge in [-0.1, -0.05) is 17.7 Å². The molecule has 0 aliphatic carbocycles. The Morgan fingerprint density at radius 2 is 2.00 bits per heavy atom. The highest BCUT2D eigenvalue weighted by Crippen LogP contribution is 2.50. The Balaban J connectivity index is 1.70. The molecule has 0 saturated carbocycles. The van der Waals surface area contributed by atoms with Crippen LogP contribution in [0, 0.1) is 11.3 Å². The van der Waals surface area contributed by atoms with Crippen LogP contribution < -0.4 is 15.2 Å². The van der Waals surface area contributed by atoms with Crippen LogP contribution in [0.4, 0.5) is 0 Å². The van der Waals surface area contributed by atoms with Crippen molar-refractivity contribution in [3.8, 4) is 17.6 Å². The molecular formula is C20H13ClN2O3S. The van der Waals surface area contributed by atoms with Crippen LogP contribution in [-0.2, 0) is 4.74 Å². The monoisotopic (exact) mass is 396 g/mol. The van der Waals surface area contributed by atoms with E-state index in [1.165, 1.54) is 0 Å². The summed E-state index contributed by atoms with van der Waals surface area (Å²) in [4.78, 5) is 1.08. The van der Waals surface area contributed by atoms with Crippen LogP contribution >= 0.6 is 23.4 Å². The Hall–Kier alpha value is -2.75. The summed E-state index contributed by atoms with van der Waals surface area (Å²) < 4.78 is 16.8. The number of nitriles is 1. The number of halogens is 1. The molecular weight excluding hydrogens is 384 g/mol. The first kappa shape index (κ1) is 16.4. The minimum atomic E-state index is -0.298. The fraction of sp³-hybridized carbons (Fsp3) is 0.150. The van der Waals surface area contributed by atoms with Crippen molar-refractivity contribution in [3.05, 3.63) is 69.6 Å². The van der Waals surface area contributed by atoms with Gasteiger partial charge < -0.3 is 19.9 Å². The average Bonchev–Trinajstić information content (AvgIpc) is 3.14. The van der Waals surface area contributed by atoms with Gasteiger partial charge in [-0.2, -0.15) is 5.26 Å². The lowest BCUT2D eigenvalue weighted by molar-refractivity contribution is 0.174. The number of benzene rings is 2. The third-order valence-electron chi connectivity index (χ3n) is 4.83. The smallest absolute Gasteiger partial charge is 0.231 e. The number of rotatable bonds is 1. The summed E-state index contributed by atoms with van der Waals surface area (Å²) in [7, 11) is 0. The molecule has 0 spiro atoms. The quantitative estimate of drug-likeness (QED) is 0.770. The zero-order valence-electron chi connectivity index (χ0n) is 14.0. The van der Waals surface area contributed by atoms with Crippen molar-refractivity contribution in [3.63, 3.8) is 0 Å². The maximum absolute atomic E-state index is 9.74. The van der Waals surface area contributed by atoms with Crippen molar-refractivity contribution >= 4 is 29.1 Å². The number of fused-ring (bicyclic) bond motifs is 3. The van der Waals surface area contributed by atoms with Crippen LogP contribution in [0.3, 0.4) is 0 Å². The lowest BCUT2D eigenvalue weighted by Gasteiger charge is -2.32. The van der Waals surface area contributed by atoms with E-state index >= 15 is 0 Å². The van der Waals surface area contributed by atoms with Gasteiger partial charge in [0.25, 0.3) is 0 Å². The summed E-state index contributed by atoms with van der Waals surface area (Å²) in [6, 6.07) is 13.6. The summed E-state index contributed by atoms with van der Waals surface area (Å²) in [6.45, 7) is 0.200. The van der Waals surface area contributed by atoms with Crippen molar-refractivity contribution in [2.24, 2.45) is 5.73 Å². The predicted molar refractivity (Wildman–Crippen MR) is 102 cm³/mol. The SMILES string of the molecule is N#CC1=C(N)OC2=C(CSc3ccc(Cl)cc32)C1c1ccc2c(c1)OCO2. The van der Waals surface area contributed by atoms with Gasteiger partial charge in [-0.25, -0.2) is 0 Å². The van der Waals surface area contributed by atoms with E-state index in [1.54, 1.807) is 11.8 Å². The van der Waals surface area contributed by atoms with E-state index in [2.05, 4.69) is 6.07 Å². The fourth-order valence-corrected chi connectivity index (χ4v) is 4.85. The van der Waals surface area contributed by atoms with Gasteiger partial charge in [0.05, 0.1) is 5.92 Å². The van der Waals surface area contributed by atoms with E-state index in [1.807, 2.05) is 36.4 Å². The molecule has 5 nitrogen and oxygen atoms in total. The van der Waals surface area contributed by atoms with Crippen LogP contribution in [0.15, 0.2) is 58.3 Å². The van der Waals surface area contributed by atoms with E-state index in [4.69, 9.17) is 31.5 Å². The van der Waals surface area contributed by atoms with Gasteiger partial charge in [0.15, 0.2) is 11.5 Å². The lowest BCUT2D eigenvalue weighted by Crippen LogP contribution is -2.23. The molecule has 0 saturated heterocycles. The molecule has 27 heavy (non-hydrogen) atoms. The largest absolute Gasteiger partial charge is 0.454 e. The second-order valence-corrected chi connectivity index (χ2v) is 7.77. The molecule has 0 amide bonds. The molecule has 2 aromatic carbocycles. The Kier molecular flexibility index (Phi) is 3.74. The number of hydrogen-bond acceptors (Lipinski definition) is 6. The van der Waals surface area contributed by atoms with Crippen LogP contribution in [0.5, 0.6) is 11.5 Å². The topological polar surface area (TPSA) is 77.5 Å². The molecule has 134 valence electrons. The lowest BCUT2D eigenvalue weighted by atomic mass is 9.82. The number of nitrogens with zero attached hydrogens (tertiary/aromatic N) is 1. The molecule has 3 heterocycles. The number of allylic oxidation sites excluding steroid dienone is 1. The summed E-state index contributed by atoms with van der Waals surface area (Å²) in [6.07, 6.45) is 0. The molecule has 0 radical (unpaired) electrons. The molecule has 0 fully saturated rings. The second kappa shape index (κ2) is 6.15. The van der Waals surface area contributed by atoms with Crippen LogP contribution in [0.2, 0.25) is 5.02 Å². The first-order valence-corrected chi connectivity index (χ1v) is 9.65. The molecule has 7 heteroatoms. The molecule has 1 unspecified atom stereocenters. The van der Waals surface area contributed by atoms with Crippen LogP contribution in [0.1, 0.15) is 17.0 Å². The van der Waals surface area contributed by atoms with E-state index < -0.39 is 0 Å². The molecule has 2 aromatic rings. The first-order valence-electron chi connectivity index (χ1n) is 8.28. The van der Waals surface area contributed by atoms with E-state index in [-0.39, 0.29) is 18.6 Å². The highest BCUT2D eigenvalue weighted by Gasteiger charge is 2.36. The Bertz CT molecular complexity index is 1090. The van der Waals surface area contributed by atoms with Gasteiger partial charge in [0.2, 0.25) is 12.7 Å². The molecule has 3 aliphatic rings. The summed E-state index contributed by atoms with van der Waals surface area (Å²) in [5.74, 6) is 2.58. The zero-order valence-corrected chi connectivity index (χ0v) is 15.6. The highest BCUT2D eigenvalue weighted by atomic mass is 35.5. The van der Waals surface area contributed by atoms with Gasteiger partial charge in [-0.05, 0) is 41.5 Å². The van der Waals surface area contributed by atoms with Gasteiger partial charge in [-0.3, -0.25) is 0 Å². The van der Waals surface area contributed by atoms with Crippen molar-refractivity contribution in [1.29, 1.82) is 5.26 Å². The van der Waals surface area contributed by atoms with Gasteiger partial charge in [0.1, 0.15) is 17.4 Å². The van der Waals surface area contributed by atoms with Crippen molar-refractivity contribution in [1.82, 2.24) is 0 Å². The number of nitrogens with two attached hydrogens (primary N) is 1. The van der Waals surface area contributed by atoms with Crippen LogP contribution in [0.25, 0.3) is 5.76 Å². The first-order chi connectivity index (χ1) is 13.2. The van der Waals surface area contributed by atoms with E-state index in [0.717, 1.165) is 21.6 Å². The molecule has 2 N–H and O–H groups in total. The third kappa shape index (κ3) is 2.54. The van der Waals surface area contributed by atoms with Crippen molar-refractivity contribution in [2.75, 3.05) is 12.5 Å². The van der Waals surface area contributed by atoms with Crippen molar-refractivity contribution in [2.45, 2.75) is 10.8 Å². The Morgan fingerprint density at radius 1 is 1.15 bits per heavy atom. The second-order valence-electron chi connectivity index (χ2n) is 6.32. The standard InChI is InChI=1S/C20H13ClN2O3S/c21-11-2-4-17-12(6-11)19-14(8-27-17)18(13(7-22)20(23)26-19)10-1-3-15-16(5-10)25-9-24-15/h1-6,18H,8-9,23H2. The number of hydrogen-bond donors (Lipinski definition) is 1. The fourth-order valence-electron chi connectivity index (χ4n) is 3.60. The molecule has 0 aromatic heterocycles. The van der Waals surface area contributed by atoms with Gasteiger partial charge in [0, 0.05) is 21.2 Å². The minimum absolute atomic E-state index is 0.122. The zero-order chi connectivity index (χ0) is 18.5. The molecule has 5 rings (SSSR count). The Labute approximate surface area is 165 Å². The molecule has 0 bridgehead atoms. The average molecular weight is 397 g/mol. The Morgan fingerprint density at radius 3 is 2.85 bits per heavy atom. The van der Waals surface area contributed by atoms with E-state index in [9.17, 15) is 5.26 Å². The maximum Gasteiger partial charge on any atom is 0.231 e. The predicted octanol–water partition coefficient (Wildman–Crippen LogP) is 4.39. The normalized spacial score (nSPS) is 19.9. The van der Waals surface area contributed by atoms with E-state index in [0.29, 0.717) is 33.6 Å². The van der Waals surface area contributed by atoms with Gasteiger partial charge >= 0.3 is 0 Å². The summed E-state index contributed by atoms with van der Waals surface area (Å²) in [5, 5.41) is 10.4. The van der Waals surface area contributed by atoms with Crippen LogP contribution in [-0.4, -0.2) is 12.5 Å². The number of ether oxygens (including phenoxy) is 3. The highest BCUT2D eigenvalue weighted by molar-refractivity contribution is 7.99. The summed E-state index contributed by atoms with van der Waals surface area (Å²) >= 11 is 7.90. The number of thioether (sulfide) groups is 1. The molecule has 1 atom stereocenters. The summed E-state index contributed by atoms with van der Waals surface area (Å²) in [5.41, 5.74) is 9.36. The third-order valence-corrected chi connectivity index (χ3v) is 6.18. The van der Waals surface area contributed by atoms with Gasteiger partial charge in [-0.15, -0.1) is 11.8 Å². The maximum atomic E-state index is 9.74. The minimum Gasteiger partial charge on any atom is -0.454 e. The van der Waals surface area contributed by atoms with Crippen molar-refractivity contribution < 1.29 is 14.2 Å². The molecule has 3 aliphatic heterocycles.